The number of carboxylic acids is 1. The van der Waals surface area contributed by atoms with Gasteiger partial charge in [-0.2, -0.15) is 0 Å². The second-order valence-corrected chi connectivity index (χ2v) is 13.1. The fourth-order valence-corrected chi connectivity index (χ4v) is 4.55. The Hall–Kier alpha value is -3.22. The minimum absolute atomic E-state index is 0.00562. The number of carbonyl (C=O) groups is 6. The van der Waals surface area contributed by atoms with Crippen LogP contribution in [-0.2, 0) is 28.8 Å². The zero-order chi connectivity index (χ0) is 35.2. The zero-order valence-corrected chi connectivity index (χ0v) is 29.2. The highest BCUT2D eigenvalue weighted by molar-refractivity contribution is 5.96. The summed E-state index contributed by atoms with van der Waals surface area (Å²) in [5.74, 6) is -5.07. The van der Waals surface area contributed by atoms with Crippen molar-refractivity contribution in [3.8, 4) is 0 Å². The van der Waals surface area contributed by atoms with Gasteiger partial charge in [-0.25, -0.2) is 4.79 Å². The van der Waals surface area contributed by atoms with Gasteiger partial charge >= 0.3 is 5.97 Å². The van der Waals surface area contributed by atoms with Crippen LogP contribution in [0.4, 0.5) is 0 Å². The first-order valence-electron chi connectivity index (χ1n) is 16.3. The van der Waals surface area contributed by atoms with Crippen molar-refractivity contribution in [3.63, 3.8) is 0 Å². The zero-order valence-electron chi connectivity index (χ0n) is 29.2. The van der Waals surface area contributed by atoms with E-state index in [4.69, 9.17) is 5.73 Å². The Morgan fingerprint density at radius 2 is 1.00 bits per heavy atom. The average Bonchev–Trinajstić information content (AvgIpc) is 2.97. The monoisotopic (exact) mass is 640 g/mol. The standard InChI is InChI=1S/C32H60N6O7/c1-12-18(8)23(33)29(41)36-24(17(6)7)30(42)34-21(11)27(39)37-25(19(9)13-2)31(43)35-22(15-16(4)5)28(40)38-26(32(44)45)20(10)14-3/h16-26H,12-15,33H2,1-11H3,(H,34,42)(H,35,43)(H,36,41)(H,37,39)(H,38,40)(H,44,45)/t18-,19-,20-,21-,22-,23-,24-,25-,26-/m0/s1. The summed E-state index contributed by atoms with van der Waals surface area (Å²) in [6.45, 7) is 19.7. The van der Waals surface area contributed by atoms with E-state index in [9.17, 15) is 33.9 Å². The number of hydrogen-bond donors (Lipinski definition) is 7. The van der Waals surface area contributed by atoms with Crippen LogP contribution in [0.15, 0.2) is 0 Å². The largest absolute Gasteiger partial charge is 0.480 e. The molecule has 0 unspecified atom stereocenters. The molecule has 0 radical (unpaired) electrons. The SMILES string of the molecule is CC[C@H](C)[C@H](N)C(=O)N[C@H](C(=O)N[C@@H](C)C(=O)N[C@H](C(=O)N[C@@H](CC(C)C)C(=O)N[C@H](C(=O)O)[C@@H](C)CC)[C@@H](C)CC)C(C)C. The lowest BCUT2D eigenvalue weighted by Crippen LogP contribution is -2.60. The molecule has 0 aliphatic carbocycles. The Labute approximate surface area is 269 Å². The third kappa shape index (κ3) is 13.8. The van der Waals surface area contributed by atoms with Crippen molar-refractivity contribution >= 4 is 35.5 Å². The summed E-state index contributed by atoms with van der Waals surface area (Å²) in [4.78, 5) is 77.5. The van der Waals surface area contributed by atoms with E-state index >= 15 is 0 Å². The van der Waals surface area contributed by atoms with E-state index in [0.29, 0.717) is 19.3 Å². The Morgan fingerprint density at radius 3 is 1.44 bits per heavy atom. The minimum atomic E-state index is -1.16. The molecule has 0 spiro atoms. The van der Waals surface area contributed by atoms with Crippen molar-refractivity contribution in [1.29, 1.82) is 0 Å². The van der Waals surface area contributed by atoms with Gasteiger partial charge in [0.2, 0.25) is 29.5 Å². The van der Waals surface area contributed by atoms with Crippen LogP contribution in [0, 0.1) is 29.6 Å². The molecule has 13 heteroatoms. The van der Waals surface area contributed by atoms with Gasteiger partial charge in [0.25, 0.3) is 0 Å². The van der Waals surface area contributed by atoms with Crippen molar-refractivity contribution in [2.75, 3.05) is 0 Å². The van der Waals surface area contributed by atoms with Gasteiger partial charge < -0.3 is 37.4 Å². The van der Waals surface area contributed by atoms with E-state index in [1.54, 1.807) is 27.7 Å². The van der Waals surface area contributed by atoms with Crippen LogP contribution in [0.5, 0.6) is 0 Å². The number of carboxylic acid groups (broad SMARTS) is 1. The third-order valence-electron chi connectivity index (χ3n) is 8.47. The van der Waals surface area contributed by atoms with Crippen LogP contribution in [0.3, 0.4) is 0 Å². The molecule has 0 aromatic heterocycles. The summed E-state index contributed by atoms with van der Waals surface area (Å²) in [6, 6.07) is -5.96. The van der Waals surface area contributed by atoms with Gasteiger partial charge in [0.05, 0.1) is 6.04 Å². The summed E-state index contributed by atoms with van der Waals surface area (Å²) in [5, 5.41) is 22.9. The second-order valence-electron chi connectivity index (χ2n) is 13.1. The molecule has 45 heavy (non-hydrogen) atoms. The van der Waals surface area contributed by atoms with Crippen molar-refractivity contribution in [3.05, 3.63) is 0 Å². The molecule has 0 heterocycles. The predicted molar refractivity (Wildman–Crippen MR) is 174 cm³/mol. The number of rotatable bonds is 20. The van der Waals surface area contributed by atoms with E-state index < -0.39 is 71.8 Å². The maximum Gasteiger partial charge on any atom is 0.326 e. The molecule has 0 rings (SSSR count). The van der Waals surface area contributed by atoms with Crippen molar-refractivity contribution in [2.24, 2.45) is 35.3 Å². The molecule has 0 aliphatic rings. The van der Waals surface area contributed by atoms with Crippen molar-refractivity contribution < 1.29 is 33.9 Å². The fraction of sp³-hybridized carbons (Fsp3) is 0.812. The van der Waals surface area contributed by atoms with Gasteiger partial charge in [-0.3, -0.25) is 24.0 Å². The van der Waals surface area contributed by atoms with Crippen molar-refractivity contribution in [2.45, 2.75) is 138 Å². The van der Waals surface area contributed by atoms with Gasteiger partial charge in [-0.15, -0.1) is 0 Å². The van der Waals surface area contributed by atoms with Crippen LogP contribution in [0.2, 0.25) is 0 Å². The van der Waals surface area contributed by atoms with Gasteiger partial charge in [0, 0.05) is 0 Å². The summed E-state index contributed by atoms with van der Waals surface area (Å²) >= 11 is 0. The normalized spacial score (nSPS) is 17.5. The lowest BCUT2D eigenvalue weighted by atomic mass is 9.95. The lowest BCUT2D eigenvalue weighted by molar-refractivity contribution is -0.144. The molecular weight excluding hydrogens is 580 g/mol. The molecule has 0 aromatic rings. The maximum atomic E-state index is 13.5. The van der Waals surface area contributed by atoms with E-state index in [1.807, 2.05) is 41.5 Å². The quantitative estimate of drug-likeness (QED) is 0.104. The Balaban J connectivity index is 5.78. The molecule has 5 amide bonds. The Kier molecular flexibility index (Phi) is 18.6. The van der Waals surface area contributed by atoms with Gasteiger partial charge in [-0.05, 0) is 42.9 Å². The number of hydrogen-bond acceptors (Lipinski definition) is 7. The molecule has 260 valence electrons. The van der Waals surface area contributed by atoms with E-state index in [2.05, 4.69) is 26.6 Å². The van der Waals surface area contributed by atoms with Crippen LogP contribution in [0.25, 0.3) is 0 Å². The van der Waals surface area contributed by atoms with Crippen LogP contribution in [0.1, 0.15) is 102 Å². The maximum absolute atomic E-state index is 13.5. The third-order valence-corrected chi connectivity index (χ3v) is 8.47. The van der Waals surface area contributed by atoms with E-state index in [0.717, 1.165) is 0 Å². The van der Waals surface area contributed by atoms with E-state index in [-0.39, 0.29) is 36.0 Å². The highest BCUT2D eigenvalue weighted by Gasteiger charge is 2.35. The lowest BCUT2D eigenvalue weighted by Gasteiger charge is -2.30. The van der Waals surface area contributed by atoms with E-state index in [1.165, 1.54) is 6.92 Å². The molecule has 0 saturated heterocycles. The summed E-state index contributed by atoms with van der Waals surface area (Å²) < 4.78 is 0. The number of nitrogens with one attached hydrogen (secondary N) is 5. The molecule has 0 bridgehead atoms. The van der Waals surface area contributed by atoms with Gasteiger partial charge in [0.15, 0.2) is 0 Å². The number of carbonyl (C=O) groups excluding carboxylic acids is 5. The predicted octanol–water partition coefficient (Wildman–Crippen LogP) is 1.68. The molecule has 9 atom stereocenters. The second kappa shape index (κ2) is 20.0. The molecule has 0 fully saturated rings. The minimum Gasteiger partial charge on any atom is -0.480 e. The summed E-state index contributed by atoms with van der Waals surface area (Å²) in [6.07, 6.45) is 2.00. The molecule has 0 aliphatic heterocycles. The van der Waals surface area contributed by atoms with Crippen molar-refractivity contribution in [1.82, 2.24) is 26.6 Å². The first kappa shape index (κ1) is 41.8. The molecule has 0 aromatic carbocycles. The summed E-state index contributed by atoms with van der Waals surface area (Å²) in [7, 11) is 0. The van der Waals surface area contributed by atoms with Crippen LogP contribution in [-0.4, -0.2) is 76.9 Å². The number of aliphatic carboxylic acids is 1. The van der Waals surface area contributed by atoms with Gasteiger partial charge in [-0.1, -0.05) is 88.5 Å². The number of amides is 5. The highest BCUT2D eigenvalue weighted by Crippen LogP contribution is 2.14. The Bertz CT molecular complexity index is 1000. The van der Waals surface area contributed by atoms with Crippen LogP contribution >= 0.6 is 0 Å². The topological polar surface area (TPSA) is 209 Å². The average molecular weight is 641 g/mol. The summed E-state index contributed by atoms with van der Waals surface area (Å²) in [5.41, 5.74) is 6.03. The molecule has 0 saturated carbocycles. The number of nitrogens with two attached hydrogens (primary N) is 1. The van der Waals surface area contributed by atoms with Gasteiger partial charge in [0.1, 0.15) is 30.2 Å². The fourth-order valence-electron chi connectivity index (χ4n) is 4.55. The molecular formula is C32H60N6O7. The highest BCUT2D eigenvalue weighted by atomic mass is 16.4. The van der Waals surface area contributed by atoms with Crippen LogP contribution < -0.4 is 32.3 Å². The smallest absolute Gasteiger partial charge is 0.326 e. The first-order chi connectivity index (χ1) is 20.8. The first-order valence-corrected chi connectivity index (χ1v) is 16.3. The molecule has 13 nitrogen and oxygen atoms in total. The molecule has 8 N–H and O–H groups in total. The Morgan fingerprint density at radius 1 is 0.556 bits per heavy atom.